The Labute approximate surface area is 139 Å². The van der Waals surface area contributed by atoms with Gasteiger partial charge in [0.15, 0.2) is 11.5 Å². The second kappa shape index (κ2) is 8.14. The van der Waals surface area contributed by atoms with Crippen LogP contribution in [0.2, 0.25) is 0 Å². The topological polar surface area (TPSA) is 90.9 Å². The molecular weight excluding hydrogens is 314 g/mol. The van der Waals surface area contributed by atoms with E-state index in [-0.39, 0.29) is 18.6 Å². The van der Waals surface area contributed by atoms with Crippen LogP contribution in [-0.4, -0.2) is 31.0 Å². The second-order valence-electron chi connectivity index (χ2n) is 4.97. The second-order valence-corrected chi connectivity index (χ2v) is 4.97. The number of nitrogens with one attached hydrogen (secondary N) is 1. The van der Waals surface area contributed by atoms with E-state index >= 15 is 0 Å². The summed E-state index contributed by atoms with van der Waals surface area (Å²) in [7, 11) is 0. The minimum atomic E-state index is -0.585. The van der Waals surface area contributed by atoms with E-state index in [0.717, 1.165) is 11.6 Å². The van der Waals surface area contributed by atoms with E-state index in [1.165, 1.54) is 0 Å². The Morgan fingerprint density at radius 2 is 1.79 bits per heavy atom. The van der Waals surface area contributed by atoms with E-state index in [1.807, 2.05) is 13.8 Å². The maximum absolute atomic E-state index is 11.8. The van der Waals surface area contributed by atoms with Crippen molar-refractivity contribution in [1.82, 2.24) is 5.32 Å². The van der Waals surface area contributed by atoms with Gasteiger partial charge in [0.25, 0.3) is 11.8 Å². The van der Waals surface area contributed by atoms with Gasteiger partial charge in [0, 0.05) is 11.6 Å². The van der Waals surface area contributed by atoms with Crippen LogP contribution in [0.4, 0.5) is 0 Å². The van der Waals surface area contributed by atoms with Gasteiger partial charge in [-0.15, -0.1) is 0 Å². The van der Waals surface area contributed by atoms with E-state index in [1.54, 1.807) is 18.2 Å². The molecule has 1 aromatic carbocycles. The molecule has 1 N–H and O–H groups in total. The molecule has 1 aromatic rings. The van der Waals surface area contributed by atoms with Crippen LogP contribution in [0, 0.1) is 0 Å². The van der Waals surface area contributed by atoms with Crippen LogP contribution < -0.4 is 14.8 Å². The zero-order valence-electron chi connectivity index (χ0n) is 13.6. The van der Waals surface area contributed by atoms with Gasteiger partial charge in [-0.05, 0) is 31.5 Å². The van der Waals surface area contributed by atoms with Crippen LogP contribution in [0.3, 0.4) is 0 Å². The molecule has 0 atom stereocenters. The molecule has 128 valence electrons. The van der Waals surface area contributed by atoms with Crippen LogP contribution in [0.1, 0.15) is 25.8 Å². The monoisotopic (exact) mass is 333 g/mol. The fourth-order valence-corrected chi connectivity index (χ4v) is 2.14. The minimum absolute atomic E-state index is 0.0359. The number of benzene rings is 1. The molecule has 0 unspecified atom stereocenters. The first-order valence-electron chi connectivity index (χ1n) is 7.63. The molecule has 2 amide bonds. The molecule has 0 saturated carbocycles. The van der Waals surface area contributed by atoms with Crippen LogP contribution in [0.25, 0.3) is 0 Å². The quantitative estimate of drug-likeness (QED) is 0.573. The Hall–Kier alpha value is -2.83. The van der Waals surface area contributed by atoms with Crippen molar-refractivity contribution in [2.45, 2.75) is 26.9 Å². The lowest BCUT2D eigenvalue weighted by molar-refractivity contribution is -0.144. The lowest BCUT2D eigenvalue weighted by Crippen LogP contribution is -2.23. The predicted octanol–water partition coefficient (Wildman–Crippen LogP) is 1.50. The molecule has 7 heteroatoms. The highest BCUT2D eigenvalue weighted by atomic mass is 16.5. The van der Waals surface area contributed by atoms with Crippen molar-refractivity contribution < 1.29 is 28.6 Å². The fraction of sp³-hybridized carbons (Fsp3) is 0.353. The normalized spacial score (nSPS) is 13.3. The first-order valence-corrected chi connectivity index (χ1v) is 7.63. The summed E-state index contributed by atoms with van der Waals surface area (Å²) in [6.07, 6.45) is 0.862. The Balaban J connectivity index is 1.94. The maximum atomic E-state index is 11.8. The molecule has 0 bridgehead atoms. The number of ether oxygens (including phenoxy) is 3. The lowest BCUT2D eigenvalue weighted by atomic mass is 10.2. The molecule has 7 nitrogen and oxygen atoms in total. The number of esters is 1. The van der Waals surface area contributed by atoms with Crippen LogP contribution in [0.15, 0.2) is 29.8 Å². The standard InChI is InChI=1S/C17H19NO6/c1-3-22-13-6-5-11(7-14(13)23-4-2)10-24-16(20)9-12-8-15(19)18-17(12)21/h5-8H,3-4,9-10H2,1-2H3,(H,18,19,21). The summed E-state index contributed by atoms with van der Waals surface area (Å²) in [5, 5.41) is 2.08. The number of carbonyl (C=O) groups excluding carboxylic acids is 3. The van der Waals surface area contributed by atoms with Gasteiger partial charge in [0.1, 0.15) is 6.61 Å². The van der Waals surface area contributed by atoms with Gasteiger partial charge < -0.3 is 14.2 Å². The summed E-state index contributed by atoms with van der Waals surface area (Å²) in [6.45, 7) is 4.78. The molecular formula is C17H19NO6. The Bertz CT molecular complexity index is 680. The molecule has 0 saturated heterocycles. The van der Waals surface area contributed by atoms with Gasteiger partial charge in [0.05, 0.1) is 19.6 Å². The third-order valence-electron chi connectivity index (χ3n) is 3.18. The number of rotatable bonds is 8. The molecule has 1 aliphatic rings. The van der Waals surface area contributed by atoms with Gasteiger partial charge in [-0.1, -0.05) is 6.07 Å². The molecule has 0 fully saturated rings. The van der Waals surface area contributed by atoms with Crippen LogP contribution in [0.5, 0.6) is 11.5 Å². The average molecular weight is 333 g/mol. The average Bonchev–Trinajstić information content (AvgIpc) is 2.85. The molecule has 0 aliphatic carbocycles. The number of amides is 2. The molecule has 2 rings (SSSR count). The van der Waals surface area contributed by atoms with E-state index in [9.17, 15) is 14.4 Å². The van der Waals surface area contributed by atoms with E-state index in [2.05, 4.69) is 5.32 Å². The first kappa shape index (κ1) is 17.5. The molecule has 1 heterocycles. The molecule has 0 radical (unpaired) electrons. The van der Waals surface area contributed by atoms with Gasteiger partial charge in [-0.2, -0.15) is 0 Å². The third-order valence-corrected chi connectivity index (χ3v) is 3.18. The van der Waals surface area contributed by atoms with Crippen molar-refractivity contribution in [3.8, 4) is 11.5 Å². The molecule has 0 spiro atoms. The van der Waals surface area contributed by atoms with Gasteiger partial charge >= 0.3 is 5.97 Å². The van der Waals surface area contributed by atoms with Crippen LogP contribution >= 0.6 is 0 Å². The summed E-state index contributed by atoms with van der Waals surface area (Å²) in [5.41, 5.74) is 0.836. The first-order chi connectivity index (χ1) is 11.5. The van der Waals surface area contributed by atoms with Crippen molar-refractivity contribution in [2.75, 3.05) is 13.2 Å². The Morgan fingerprint density at radius 1 is 1.08 bits per heavy atom. The maximum Gasteiger partial charge on any atom is 0.310 e. The van der Waals surface area contributed by atoms with Crippen molar-refractivity contribution in [3.63, 3.8) is 0 Å². The van der Waals surface area contributed by atoms with Crippen molar-refractivity contribution in [2.24, 2.45) is 0 Å². The van der Waals surface area contributed by atoms with Crippen molar-refractivity contribution in [1.29, 1.82) is 0 Å². The van der Waals surface area contributed by atoms with E-state index in [4.69, 9.17) is 14.2 Å². The highest BCUT2D eigenvalue weighted by molar-refractivity contribution is 6.17. The molecule has 1 aliphatic heterocycles. The minimum Gasteiger partial charge on any atom is -0.490 e. The summed E-state index contributed by atoms with van der Waals surface area (Å²) in [6, 6.07) is 5.27. The molecule has 0 aromatic heterocycles. The zero-order chi connectivity index (χ0) is 17.5. The lowest BCUT2D eigenvalue weighted by Gasteiger charge is -2.12. The number of hydrogen-bond donors (Lipinski definition) is 1. The van der Waals surface area contributed by atoms with Crippen molar-refractivity contribution in [3.05, 3.63) is 35.4 Å². The summed E-state index contributed by atoms with van der Waals surface area (Å²) >= 11 is 0. The number of hydrogen-bond acceptors (Lipinski definition) is 6. The van der Waals surface area contributed by atoms with Gasteiger partial charge in [-0.3, -0.25) is 19.7 Å². The number of imide groups is 1. The fourth-order valence-electron chi connectivity index (χ4n) is 2.14. The SMILES string of the molecule is CCOc1ccc(COC(=O)CC2=CC(=O)NC2=O)cc1OCC. The highest BCUT2D eigenvalue weighted by Crippen LogP contribution is 2.28. The van der Waals surface area contributed by atoms with Gasteiger partial charge in [0.2, 0.25) is 0 Å². The van der Waals surface area contributed by atoms with Crippen LogP contribution in [-0.2, 0) is 25.7 Å². The van der Waals surface area contributed by atoms with E-state index < -0.39 is 17.8 Å². The van der Waals surface area contributed by atoms with Gasteiger partial charge in [-0.25, -0.2) is 0 Å². The van der Waals surface area contributed by atoms with E-state index in [0.29, 0.717) is 24.7 Å². The Kier molecular flexibility index (Phi) is 5.95. The highest BCUT2D eigenvalue weighted by Gasteiger charge is 2.23. The third kappa shape index (κ3) is 4.58. The largest absolute Gasteiger partial charge is 0.490 e. The Morgan fingerprint density at radius 3 is 2.42 bits per heavy atom. The zero-order valence-corrected chi connectivity index (χ0v) is 13.6. The van der Waals surface area contributed by atoms with Crippen molar-refractivity contribution >= 4 is 17.8 Å². The predicted molar refractivity (Wildman–Crippen MR) is 84.4 cm³/mol. The smallest absolute Gasteiger partial charge is 0.310 e. The summed E-state index contributed by atoms with van der Waals surface area (Å²) < 4.78 is 16.1. The number of carbonyl (C=O) groups is 3. The summed E-state index contributed by atoms with van der Waals surface area (Å²) in [4.78, 5) is 34.2. The summed E-state index contributed by atoms with van der Waals surface area (Å²) in [5.74, 6) is -0.456. The molecule has 24 heavy (non-hydrogen) atoms.